The number of aliphatic hydroxyl groups excluding tert-OH is 1. The van der Waals surface area contributed by atoms with Gasteiger partial charge in [0.1, 0.15) is 23.9 Å². The summed E-state index contributed by atoms with van der Waals surface area (Å²) in [5.41, 5.74) is -0.100. The van der Waals surface area contributed by atoms with Gasteiger partial charge in [0.15, 0.2) is 17.7 Å². The van der Waals surface area contributed by atoms with Gasteiger partial charge >= 0.3 is 12.1 Å². The van der Waals surface area contributed by atoms with Crippen molar-refractivity contribution in [3.63, 3.8) is 0 Å². The molecule has 0 aliphatic carbocycles. The van der Waals surface area contributed by atoms with Crippen LogP contribution in [-0.4, -0.2) is 111 Å². The van der Waals surface area contributed by atoms with Crippen molar-refractivity contribution in [1.82, 2.24) is 20.2 Å². The number of benzene rings is 1. The van der Waals surface area contributed by atoms with Crippen LogP contribution >= 0.6 is 0 Å². The molecule has 0 bridgehead atoms. The molecule has 61 heavy (non-hydrogen) atoms. The summed E-state index contributed by atoms with van der Waals surface area (Å²) in [6, 6.07) is 12.4. The number of fused-ring (bicyclic) bond motifs is 2. The number of aliphatic hydroxyl groups is 1. The standard InChI is InChI=1S/C47H62N4O10/c1-10-37-47(8)41(50-45(56)61-47)29(4)38(52)27(2)23-46(7,57-20-14-16-32-22-34-17-11-12-18-35(34)49-25-32)42(30(5)39(53)31(6)43(55)59-37)60-44-40(54)36(21-28(3)58-44)51(9)26-33-15-13-19-48-24-33/h11-19,22,24-25,27-31,36-37,40-42,44,54H,10,20-21,23,26H2,1-9H3,(H,50,56)/t27-,28-,29+,30+,31-,36+,37-,40-,41-,42-,44+,46-,47-/m1/s1. The maximum Gasteiger partial charge on any atom is 0.408 e. The van der Waals surface area contributed by atoms with Crippen LogP contribution in [0, 0.1) is 23.7 Å². The molecular weight excluding hydrogens is 781 g/mol. The molecule has 14 nitrogen and oxygen atoms in total. The number of carbonyl (C=O) groups is 4. The number of likely N-dealkylation sites (N-methyl/N-ethyl adjacent to an activating group) is 1. The number of amides is 1. The molecule has 3 saturated heterocycles. The van der Waals surface area contributed by atoms with Gasteiger partial charge in [-0.15, -0.1) is 0 Å². The van der Waals surface area contributed by atoms with Crippen LogP contribution in [0.3, 0.4) is 0 Å². The van der Waals surface area contributed by atoms with Crippen molar-refractivity contribution in [2.75, 3.05) is 13.7 Å². The Morgan fingerprint density at radius 3 is 2.48 bits per heavy atom. The Hall–Kier alpha value is -4.60. The zero-order valence-corrected chi connectivity index (χ0v) is 36.8. The van der Waals surface area contributed by atoms with Crippen molar-refractivity contribution in [2.24, 2.45) is 23.7 Å². The first kappa shape index (κ1) is 45.9. The molecule has 0 spiro atoms. The summed E-state index contributed by atoms with van der Waals surface area (Å²) in [5, 5.41) is 15.8. The minimum atomic E-state index is -1.39. The van der Waals surface area contributed by atoms with Gasteiger partial charge in [-0.3, -0.25) is 29.3 Å². The fourth-order valence-corrected chi connectivity index (χ4v) is 9.55. The number of ketones is 2. The summed E-state index contributed by atoms with van der Waals surface area (Å²) >= 11 is 0. The fourth-order valence-electron chi connectivity index (χ4n) is 9.55. The first-order valence-electron chi connectivity index (χ1n) is 21.5. The van der Waals surface area contributed by atoms with E-state index in [2.05, 4.69) is 15.3 Å². The molecular formula is C47H62N4O10. The molecule has 330 valence electrons. The predicted octanol–water partition coefficient (Wildman–Crippen LogP) is 6.08. The molecule has 3 aliphatic heterocycles. The number of cyclic esters (lactones) is 1. The van der Waals surface area contributed by atoms with E-state index < -0.39 is 89.4 Å². The molecule has 5 heterocycles. The van der Waals surface area contributed by atoms with E-state index in [1.807, 2.05) is 73.5 Å². The number of Topliss-reactive ketones (excluding diaryl/α,β-unsaturated/α-hetero) is 2. The molecule has 0 unspecified atom stereocenters. The molecule has 3 aliphatic rings. The average molecular weight is 843 g/mol. The predicted molar refractivity (Wildman–Crippen MR) is 228 cm³/mol. The first-order chi connectivity index (χ1) is 28.9. The number of aromatic nitrogens is 2. The van der Waals surface area contributed by atoms with Crippen LogP contribution in [0.15, 0.2) is 67.1 Å². The van der Waals surface area contributed by atoms with Crippen LogP contribution in [-0.2, 0) is 44.6 Å². The second kappa shape index (κ2) is 19.2. The summed E-state index contributed by atoms with van der Waals surface area (Å²) in [6.45, 7) is 14.4. The fraction of sp³-hybridized carbons (Fsp3) is 0.574. The maximum atomic E-state index is 14.6. The zero-order chi connectivity index (χ0) is 44.2. The third kappa shape index (κ3) is 10.0. The second-order valence-corrected chi connectivity index (χ2v) is 17.7. The molecule has 1 aromatic carbocycles. The molecule has 2 aromatic heterocycles. The van der Waals surface area contributed by atoms with Crippen molar-refractivity contribution in [2.45, 2.75) is 135 Å². The Balaban J connectivity index is 1.37. The number of para-hydroxylation sites is 1. The minimum absolute atomic E-state index is 0.0435. The molecule has 13 atom stereocenters. The van der Waals surface area contributed by atoms with Crippen molar-refractivity contribution >= 4 is 40.6 Å². The van der Waals surface area contributed by atoms with Crippen LogP contribution in [0.1, 0.15) is 85.8 Å². The van der Waals surface area contributed by atoms with E-state index in [1.54, 1.807) is 60.1 Å². The quantitative estimate of drug-likeness (QED) is 0.178. The molecule has 6 rings (SSSR count). The monoisotopic (exact) mass is 842 g/mol. The third-order valence-corrected chi connectivity index (χ3v) is 12.9. The number of esters is 1. The van der Waals surface area contributed by atoms with Gasteiger partial charge in [0.25, 0.3) is 0 Å². The van der Waals surface area contributed by atoms with Crippen LogP contribution in [0.25, 0.3) is 17.0 Å². The highest BCUT2D eigenvalue weighted by molar-refractivity contribution is 6.00. The highest BCUT2D eigenvalue weighted by atomic mass is 16.7. The van der Waals surface area contributed by atoms with Crippen LogP contribution in [0.5, 0.6) is 0 Å². The summed E-state index contributed by atoms with van der Waals surface area (Å²) < 4.78 is 31.8. The lowest BCUT2D eigenvalue weighted by Crippen LogP contribution is -2.60. The van der Waals surface area contributed by atoms with Crippen molar-refractivity contribution < 1.29 is 48.0 Å². The van der Waals surface area contributed by atoms with Gasteiger partial charge in [-0.25, -0.2) is 4.79 Å². The average Bonchev–Trinajstić information content (AvgIpc) is 3.56. The third-order valence-electron chi connectivity index (χ3n) is 12.9. The van der Waals surface area contributed by atoms with Crippen LogP contribution in [0.4, 0.5) is 4.79 Å². The number of alkyl carbamates (subject to hydrolysis) is 1. The van der Waals surface area contributed by atoms with E-state index in [4.69, 9.17) is 23.7 Å². The molecule has 3 aromatic rings. The van der Waals surface area contributed by atoms with E-state index in [0.29, 0.717) is 13.0 Å². The summed E-state index contributed by atoms with van der Waals surface area (Å²) in [5.74, 6) is -5.25. The normalized spacial score (nSPS) is 35.4. The van der Waals surface area contributed by atoms with Gasteiger partial charge < -0.3 is 34.1 Å². The van der Waals surface area contributed by atoms with Crippen LogP contribution in [0.2, 0.25) is 0 Å². The smallest absolute Gasteiger partial charge is 0.408 e. The van der Waals surface area contributed by atoms with Gasteiger partial charge in [-0.2, -0.15) is 0 Å². The number of hydrogen-bond acceptors (Lipinski definition) is 13. The lowest BCUT2D eigenvalue weighted by atomic mass is 9.73. The Morgan fingerprint density at radius 2 is 1.75 bits per heavy atom. The van der Waals surface area contributed by atoms with E-state index in [0.717, 1.165) is 22.0 Å². The largest absolute Gasteiger partial charge is 0.458 e. The lowest BCUT2D eigenvalue weighted by Gasteiger charge is -2.47. The van der Waals surface area contributed by atoms with E-state index in [9.17, 15) is 24.3 Å². The SMILES string of the molecule is CC[C@H]1OC(=O)[C@H](C)C(=O)[C@H](C)[C@@H](O[C@@H]2O[C@H](C)C[C@H](N(C)Cc3cccnc3)[C@H]2O)[C@](C)(OCC=Cc2cnc3ccccc3c2)C[C@@H](C)C(=O)[C@H](C)[C@H]2NC(=O)O[C@@]21C. The molecule has 0 saturated carbocycles. The highest BCUT2D eigenvalue weighted by Gasteiger charge is 2.57. The number of nitrogens with zero attached hydrogens (tertiary/aromatic N) is 3. The highest BCUT2D eigenvalue weighted by Crippen LogP contribution is 2.40. The van der Waals surface area contributed by atoms with Crippen LogP contribution < -0.4 is 5.32 Å². The number of rotatable bonds is 10. The number of carbonyl (C=O) groups excluding carboxylic acids is 4. The minimum Gasteiger partial charge on any atom is -0.458 e. The molecule has 14 heteroatoms. The Labute approximate surface area is 358 Å². The van der Waals surface area contributed by atoms with Gasteiger partial charge in [0.05, 0.1) is 36.0 Å². The van der Waals surface area contributed by atoms with Crippen molar-refractivity contribution in [1.29, 1.82) is 0 Å². The zero-order valence-electron chi connectivity index (χ0n) is 36.8. The van der Waals surface area contributed by atoms with E-state index in [1.165, 1.54) is 6.92 Å². The first-order valence-corrected chi connectivity index (χ1v) is 21.5. The maximum absolute atomic E-state index is 14.6. The summed E-state index contributed by atoms with van der Waals surface area (Å²) in [4.78, 5) is 66.8. The van der Waals surface area contributed by atoms with Gasteiger partial charge in [0, 0.05) is 54.3 Å². The summed E-state index contributed by atoms with van der Waals surface area (Å²) in [6.07, 6.45) is 4.26. The van der Waals surface area contributed by atoms with Gasteiger partial charge in [0.2, 0.25) is 0 Å². The Kier molecular flexibility index (Phi) is 14.5. The van der Waals surface area contributed by atoms with E-state index in [-0.39, 0.29) is 31.3 Å². The number of hydrogen-bond donors (Lipinski definition) is 2. The molecule has 2 N–H and O–H groups in total. The van der Waals surface area contributed by atoms with Gasteiger partial charge in [-0.05, 0) is 83.3 Å². The van der Waals surface area contributed by atoms with Crippen molar-refractivity contribution in [3.05, 3.63) is 78.3 Å². The van der Waals surface area contributed by atoms with Crippen molar-refractivity contribution in [3.8, 4) is 0 Å². The second-order valence-electron chi connectivity index (χ2n) is 17.7. The topological polar surface area (TPSA) is 176 Å². The van der Waals surface area contributed by atoms with E-state index >= 15 is 0 Å². The summed E-state index contributed by atoms with van der Waals surface area (Å²) in [7, 11) is 1.92. The number of nitrogens with one attached hydrogen (secondary N) is 1. The molecule has 3 fully saturated rings. The Morgan fingerprint density at radius 1 is 1.00 bits per heavy atom. The number of ether oxygens (including phenoxy) is 5. The molecule has 1 amide bonds. The molecule has 0 radical (unpaired) electrons. The lowest BCUT2D eigenvalue weighted by molar-refractivity contribution is -0.297. The number of pyridine rings is 2. The van der Waals surface area contributed by atoms with Gasteiger partial charge in [-0.1, -0.05) is 64.1 Å². The Bertz CT molecular complexity index is 2070.